The van der Waals surface area contributed by atoms with Crippen LogP contribution in [0.1, 0.15) is 5.56 Å². The van der Waals surface area contributed by atoms with Gasteiger partial charge in [-0.1, -0.05) is 0 Å². The highest BCUT2D eigenvalue weighted by atomic mass is 15.3. The maximum absolute atomic E-state index is 5.92. The average Bonchev–Trinajstić information content (AvgIpc) is 2.80. The molecule has 0 fully saturated rings. The molecule has 0 aliphatic heterocycles. The molecule has 0 saturated heterocycles. The normalized spacial score (nSPS) is 11.2. The largest absolute Gasteiger partial charge is 0.369 e. The summed E-state index contributed by atoms with van der Waals surface area (Å²) in [6.07, 6.45) is 5.41. The number of hydrogen-bond acceptors (Lipinski definition) is 4. The molecule has 0 aliphatic rings. The third-order valence-electron chi connectivity index (χ3n) is 2.61. The highest BCUT2D eigenvalue weighted by molar-refractivity contribution is 5.77. The maximum Gasteiger partial charge on any atom is 0.207 e. The Morgan fingerprint density at radius 1 is 1.29 bits per heavy atom. The van der Waals surface area contributed by atoms with E-state index in [4.69, 9.17) is 5.73 Å². The van der Waals surface area contributed by atoms with Crippen LogP contribution in [-0.2, 0) is 7.05 Å². The number of imidazole rings is 1. The van der Waals surface area contributed by atoms with Crippen LogP contribution in [-0.4, -0.2) is 24.3 Å². The first-order chi connectivity index (χ1) is 8.15. The van der Waals surface area contributed by atoms with Crippen molar-refractivity contribution in [2.75, 3.05) is 5.73 Å². The lowest BCUT2D eigenvalue weighted by molar-refractivity contribution is 0.767. The van der Waals surface area contributed by atoms with Gasteiger partial charge in [0.25, 0.3) is 0 Å². The summed E-state index contributed by atoms with van der Waals surface area (Å²) in [4.78, 5) is 8.67. The smallest absolute Gasteiger partial charge is 0.207 e. The van der Waals surface area contributed by atoms with Crippen LogP contribution >= 0.6 is 0 Å². The molecule has 3 heterocycles. The third-order valence-corrected chi connectivity index (χ3v) is 2.61. The second kappa shape index (κ2) is 3.31. The van der Waals surface area contributed by atoms with Gasteiger partial charge >= 0.3 is 0 Å². The molecule has 0 radical (unpaired) electrons. The molecule has 17 heavy (non-hydrogen) atoms. The number of rotatable bonds is 1. The van der Waals surface area contributed by atoms with E-state index < -0.39 is 0 Å². The summed E-state index contributed by atoms with van der Waals surface area (Å²) >= 11 is 0. The molecular weight excluding hydrogens is 216 g/mol. The summed E-state index contributed by atoms with van der Waals surface area (Å²) in [7, 11) is 1.86. The molecule has 0 amide bonds. The van der Waals surface area contributed by atoms with E-state index in [1.807, 2.05) is 26.2 Å². The minimum Gasteiger partial charge on any atom is -0.369 e. The fourth-order valence-corrected chi connectivity index (χ4v) is 1.86. The first-order valence-electron chi connectivity index (χ1n) is 5.25. The third kappa shape index (κ3) is 1.45. The van der Waals surface area contributed by atoms with Gasteiger partial charge in [-0.2, -0.15) is 5.10 Å². The highest BCUT2D eigenvalue weighted by Gasteiger charge is 2.12. The van der Waals surface area contributed by atoms with Crippen molar-refractivity contribution >= 4 is 17.1 Å². The van der Waals surface area contributed by atoms with Crippen LogP contribution < -0.4 is 5.73 Å². The van der Waals surface area contributed by atoms with Crippen molar-refractivity contribution in [3.05, 3.63) is 30.2 Å². The Hall–Kier alpha value is -2.37. The Morgan fingerprint density at radius 2 is 2.12 bits per heavy atom. The summed E-state index contributed by atoms with van der Waals surface area (Å²) in [6.45, 7) is 1.98. The lowest BCUT2D eigenvalue weighted by atomic mass is 10.3. The van der Waals surface area contributed by atoms with Crippen molar-refractivity contribution in [2.24, 2.45) is 7.05 Å². The maximum atomic E-state index is 5.92. The average molecular weight is 228 g/mol. The highest BCUT2D eigenvalue weighted by Crippen LogP contribution is 2.21. The molecule has 3 aromatic rings. The Kier molecular flexibility index (Phi) is 1.91. The molecular formula is C11H12N6. The van der Waals surface area contributed by atoms with E-state index in [2.05, 4.69) is 15.1 Å². The van der Waals surface area contributed by atoms with Gasteiger partial charge in [0, 0.05) is 19.4 Å². The van der Waals surface area contributed by atoms with Crippen LogP contribution in [0.25, 0.3) is 16.9 Å². The molecule has 0 aliphatic carbocycles. The summed E-state index contributed by atoms with van der Waals surface area (Å²) in [6, 6.07) is 1.96. The lowest BCUT2D eigenvalue weighted by Gasteiger charge is -2.01. The van der Waals surface area contributed by atoms with Gasteiger partial charge in [-0.15, -0.1) is 0 Å². The Morgan fingerprint density at radius 3 is 2.82 bits per heavy atom. The topological polar surface area (TPSA) is 74.6 Å². The van der Waals surface area contributed by atoms with Gasteiger partial charge in [0.1, 0.15) is 5.52 Å². The van der Waals surface area contributed by atoms with Crippen LogP contribution in [0.4, 0.5) is 5.95 Å². The van der Waals surface area contributed by atoms with Crippen LogP contribution in [0, 0.1) is 6.92 Å². The Bertz CT molecular complexity index is 693. The molecule has 2 N–H and O–H groups in total. The van der Waals surface area contributed by atoms with Crippen molar-refractivity contribution in [3.63, 3.8) is 0 Å². The number of anilines is 1. The minimum absolute atomic E-state index is 0.422. The molecule has 0 atom stereocenters. The zero-order valence-corrected chi connectivity index (χ0v) is 9.62. The van der Waals surface area contributed by atoms with Crippen LogP contribution in [0.5, 0.6) is 0 Å². The predicted molar refractivity (Wildman–Crippen MR) is 64.8 cm³/mol. The summed E-state index contributed by atoms with van der Waals surface area (Å²) in [5.41, 5.74) is 9.40. The van der Waals surface area contributed by atoms with E-state index in [0.29, 0.717) is 5.95 Å². The first-order valence-corrected chi connectivity index (χ1v) is 5.25. The molecule has 86 valence electrons. The quantitative estimate of drug-likeness (QED) is 0.675. The van der Waals surface area contributed by atoms with Crippen LogP contribution in [0.2, 0.25) is 0 Å². The Balaban J connectivity index is 2.32. The molecule has 0 unspecified atom stereocenters. The number of fused-ring (bicyclic) bond motifs is 1. The van der Waals surface area contributed by atoms with Crippen LogP contribution in [0.15, 0.2) is 24.7 Å². The fraction of sp³-hybridized carbons (Fsp3) is 0.182. The van der Waals surface area contributed by atoms with Gasteiger partial charge in [-0.25, -0.2) is 9.97 Å². The number of hydrogen-bond donors (Lipinski definition) is 1. The van der Waals surface area contributed by atoms with Crippen LogP contribution in [0.3, 0.4) is 0 Å². The molecule has 3 rings (SSSR count). The SMILES string of the molecule is Cc1cnc2c(c1)nc(N)n2-c1cnn(C)c1. The van der Waals surface area contributed by atoms with Gasteiger partial charge < -0.3 is 5.73 Å². The van der Waals surface area contributed by atoms with Crippen molar-refractivity contribution in [2.45, 2.75) is 6.92 Å². The number of aryl methyl sites for hydroxylation is 2. The standard InChI is InChI=1S/C11H12N6/c1-7-3-9-10(13-4-7)17(11(12)15-9)8-5-14-16(2)6-8/h3-6H,1-2H3,(H2,12,15). The van der Waals surface area contributed by atoms with Gasteiger partial charge in [0.05, 0.1) is 11.9 Å². The molecule has 3 aromatic heterocycles. The van der Waals surface area contributed by atoms with E-state index in [9.17, 15) is 0 Å². The summed E-state index contributed by atoms with van der Waals surface area (Å²) in [5.74, 6) is 0.422. The molecule has 0 aromatic carbocycles. The van der Waals surface area contributed by atoms with E-state index in [0.717, 1.165) is 22.4 Å². The van der Waals surface area contributed by atoms with Gasteiger partial charge in [0.15, 0.2) is 5.65 Å². The zero-order valence-electron chi connectivity index (χ0n) is 9.62. The van der Waals surface area contributed by atoms with Crippen molar-refractivity contribution in [3.8, 4) is 5.69 Å². The van der Waals surface area contributed by atoms with E-state index in [1.165, 1.54) is 0 Å². The van der Waals surface area contributed by atoms with E-state index >= 15 is 0 Å². The number of aromatic nitrogens is 5. The molecule has 0 saturated carbocycles. The first kappa shape index (κ1) is 9.83. The van der Waals surface area contributed by atoms with E-state index in [1.54, 1.807) is 21.6 Å². The summed E-state index contributed by atoms with van der Waals surface area (Å²) in [5, 5.41) is 4.12. The number of nitrogens with zero attached hydrogens (tertiary/aromatic N) is 5. The van der Waals surface area contributed by atoms with Crippen molar-refractivity contribution in [1.29, 1.82) is 0 Å². The van der Waals surface area contributed by atoms with Gasteiger partial charge in [-0.3, -0.25) is 9.25 Å². The van der Waals surface area contributed by atoms with E-state index in [-0.39, 0.29) is 0 Å². The Labute approximate surface area is 97.7 Å². The second-order valence-corrected chi connectivity index (χ2v) is 4.03. The molecule has 6 nitrogen and oxygen atoms in total. The van der Waals surface area contributed by atoms with Gasteiger partial charge in [0.2, 0.25) is 5.95 Å². The molecule has 0 bridgehead atoms. The number of nitrogen functional groups attached to an aromatic ring is 1. The minimum atomic E-state index is 0.422. The zero-order chi connectivity index (χ0) is 12.0. The fourth-order valence-electron chi connectivity index (χ4n) is 1.86. The second-order valence-electron chi connectivity index (χ2n) is 4.03. The predicted octanol–water partition coefficient (Wildman–Crippen LogP) is 1.04. The molecule has 0 spiro atoms. The summed E-state index contributed by atoms with van der Waals surface area (Å²) < 4.78 is 3.51. The monoisotopic (exact) mass is 228 g/mol. The number of pyridine rings is 1. The van der Waals surface area contributed by atoms with Crippen molar-refractivity contribution in [1.82, 2.24) is 24.3 Å². The van der Waals surface area contributed by atoms with Gasteiger partial charge in [-0.05, 0) is 18.6 Å². The number of nitrogens with two attached hydrogens (primary N) is 1. The van der Waals surface area contributed by atoms with Crippen molar-refractivity contribution < 1.29 is 0 Å². The molecule has 6 heteroatoms. The lowest BCUT2D eigenvalue weighted by Crippen LogP contribution is -2.00.